The summed E-state index contributed by atoms with van der Waals surface area (Å²) < 4.78 is 3.94. The molecule has 118 valence electrons. The number of aliphatic hydroxyl groups excluding tert-OH is 1. The Hall–Kier alpha value is -2.12. The number of hydrogen-bond acceptors (Lipinski definition) is 5. The normalized spacial score (nSPS) is 14.3. The Balaban J connectivity index is 1.48. The van der Waals surface area contributed by atoms with E-state index in [-0.39, 0.29) is 6.61 Å². The third kappa shape index (κ3) is 3.02. The molecule has 1 aliphatic rings. The summed E-state index contributed by atoms with van der Waals surface area (Å²) in [6.45, 7) is -0.0628. The van der Waals surface area contributed by atoms with Gasteiger partial charge in [-0.05, 0) is 31.0 Å². The molecule has 4 rings (SSSR count). The zero-order valence-electron chi connectivity index (χ0n) is 12.5. The van der Waals surface area contributed by atoms with Crippen molar-refractivity contribution in [2.75, 3.05) is 0 Å². The Labute approximate surface area is 138 Å². The smallest absolute Gasteiger partial charge is 0.191 e. The molecular weight excluding hydrogens is 310 g/mol. The van der Waals surface area contributed by atoms with E-state index in [1.165, 1.54) is 0 Å². The minimum absolute atomic E-state index is 0.0628. The van der Waals surface area contributed by atoms with Crippen LogP contribution in [0.15, 0.2) is 47.8 Å². The van der Waals surface area contributed by atoms with Crippen molar-refractivity contribution in [1.82, 2.24) is 24.5 Å². The van der Waals surface area contributed by atoms with Crippen molar-refractivity contribution in [2.45, 2.75) is 36.4 Å². The van der Waals surface area contributed by atoms with Gasteiger partial charge in [-0.25, -0.2) is 4.68 Å². The molecular formula is C16H17N5OS. The Morgan fingerprint density at radius 3 is 2.70 bits per heavy atom. The molecule has 0 bridgehead atoms. The van der Waals surface area contributed by atoms with Crippen molar-refractivity contribution < 1.29 is 5.11 Å². The van der Waals surface area contributed by atoms with Crippen LogP contribution >= 0.6 is 11.8 Å². The average Bonchev–Trinajstić information content (AvgIpc) is 3.18. The Bertz CT molecular complexity index is 794. The zero-order valence-corrected chi connectivity index (χ0v) is 13.4. The van der Waals surface area contributed by atoms with Crippen molar-refractivity contribution in [3.05, 3.63) is 54.1 Å². The van der Waals surface area contributed by atoms with Crippen molar-refractivity contribution in [1.29, 1.82) is 0 Å². The zero-order chi connectivity index (χ0) is 15.6. The molecule has 1 saturated carbocycles. The van der Waals surface area contributed by atoms with Gasteiger partial charge in [-0.3, -0.25) is 0 Å². The fourth-order valence-electron chi connectivity index (χ4n) is 2.51. The summed E-state index contributed by atoms with van der Waals surface area (Å²) in [5.74, 6) is 1.39. The topological polar surface area (TPSA) is 68.8 Å². The summed E-state index contributed by atoms with van der Waals surface area (Å²) >= 11 is 1.62. The van der Waals surface area contributed by atoms with Crippen LogP contribution in [0.2, 0.25) is 0 Å². The molecule has 0 unspecified atom stereocenters. The van der Waals surface area contributed by atoms with Crippen molar-refractivity contribution in [3.8, 4) is 5.69 Å². The molecule has 0 spiro atoms. The van der Waals surface area contributed by atoms with Gasteiger partial charge in [0.1, 0.15) is 6.61 Å². The van der Waals surface area contributed by atoms with Crippen LogP contribution in [-0.2, 0) is 12.4 Å². The second-order valence-corrected chi connectivity index (χ2v) is 6.48. The van der Waals surface area contributed by atoms with E-state index >= 15 is 0 Å². The monoisotopic (exact) mass is 327 g/mol. The number of benzene rings is 1. The lowest BCUT2D eigenvalue weighted by atomic mass is 10.3. The van der Waals surface area contributed by atoms with Crippen LogP contribution in [0.1, 0.15) is 30.4 Å². The van der Waals surface area contributed by atoms with Gasteiger partial charge in [0.15, 0.2) is 11.0 Å². The van der Waals surface area contributed by atoms with Gasteiger partial charge < -0.3 is 9.67 Å². The quantitative estimate of drug-likeness (QED) is 0.705. The number of hydrogen-bond donors (Lipinski definition) is 1. The minimum Gasteiger partial charge on any atom is -0.388 e. The highest BCUT2D eigenvalue weighted by molar-refractivity contribution is 7.98. The van der Waals surface area contributed by atoms with Gasteiger partial charge >= 0.3 is 0 Å². The first-order valence-corrected chi connectivity index (χ1v) is 8.61. The maximum Gasteiger partial charge on any atom is 0.191 e. The molecule has 0 aliphatic heterocycles. The van der Waals surface area contributed by atoms with Gasteiger partial charge in [-0.1, -0.05) is 30.0 Å². The van der Waals surface area contributed by atoms with Crippen LogP contribution < -0.4 is 0 Å². The summed E-state index contributed by atoms with van der Waals surface area (Å²) in [6, 6.07) is 12.5. The summed E-state index contributed by atoms with van der Waals surface area (Å²) in [6.07, 6.45) is 4.25. The largest absolute Gasteiger partial charge is 0.388 e. The van der Waals surface area contributed by atoms with Gasteiger partial charge in [0, 0.05) is 18.0 Å². The second kappa shape index (κ2) is 6.17. The predicted octanol–water partition coefficient (Wildman–Crippen LogP) is 2.58. The third-order valence-corrected chi connectivity index (χ3v) is 4.78. The highest BCUT2D eigenvalue weighted by Crippen LogP contribution is 2.39. The lowest BCUT2D eigenvalue weighted by Gasteiger charge is -2.06. The van der Waals surface area contributed by atoms with Crippen molar-refractivity contribution in [2.24, 2.45) is 0 Å². The molecule has 0 radical (unpaired) electrons. The fraction of sp³-hybridized carbons (Fsp3) is 0.312. The SMILES string of the molecule is OCc1nnc(SCc2ccn(-c3ccccc3)n2)n1C1CC1. The third-order valence-electron chi connectivity index (χ3n) is 3.80. The first-order valence-electron chi connectivity index (χ1n) is 7.62. The second-order valence-electron chi connectivity index (χ2n) is 5.53. The average molecular weight is 327 g/mol. The number of aromatic nitrogens is 5. The molecule has 3 aromatic rings. The van der Waals surface area contributed by atoms with Crippen LogP contribution in [-0.4, -0.2) is 29.7 Å². The number of thioether (sulfide) groups is 1. The van der Waals surface area contributed by atoms with Gasteiger partial charge in [0.25, 0.3) is 0 Å². The predicted molar refractivity (Wildman–Crippen MR) is 87.3 cm³/mol. The molecule has 1 N–H and O–H groups in total. The first-order chi connectivity index (χ1) is 11.3. The Kier molecular flexibility index (Phi) is 3.88. The van der Waals surface area contributed by atoms with Gasteiger partial charge in [0.05, 0.1) is 11.4 Å². The van der Waals surface area contributed by atoms with Crippen LogP contribution in [0.5, 0.6) is 0 Å². The Morgan fingerprint density at radius 2 is 1.96 bits per heavy atom. The van der Waals surface area contributed by atoms with E-state index in [4.69, 9.17) is 0 Å². The van der Waals surface area contributed by atoms with E-state index in [2.05, 4.69) is 19.9 Å². The molecule has 1 fully saturated rings. The molecule has 1 aliphatic carbocycles. The molecule has 0 amide bonds. The van der Waals surface area contributed by atoms with E-state index in [0.29, 0.717) is 11.9 Å². The van der Waals surface area contributed by atoms with Gasteiger partial charge in [-0.15, -0.1) is 10.2 Å². The highest BCUT2D eigenvalue weighted by atomic mass is 32.2. The summed E-state index contributed by atoms with van der Waals surface area (Å²) in [4.78, 5) is 0. The van der Waals surface area contributed by atoms with Gasteiger partial charge in [-0.2, -0.15) is 5.10 Å². The molecule has 6 nitrogen and oxygen atoms in total. The number of rotatable bonds is 6. The standard InChI is InChI=1S/C16H17N5OS/c22-10-15-17-18-16(21(15)14-6-7-14)23-11-12-8-9-20(19-12)13-4-2-1-3-5-13/h1-5,8-9,14,22H,6-7,10-11H2. The lowest BCUT2D eigenvalue weighted by Crippen LogP contribution is -2.03. The lowest BCUT2D eigenvalue weighted by molar-refractivity contribution is 0.263. The van der Waals surface area contributed by atoms with E-state index in [0.717, 1.165) is 35.1 Å². The van der Waals surface area contributed by atoms with Crippen LogP contribution in [0.3, 0.4) is 0 Å². The maximum absolute atomic E-state index is 9.37. The number of para-hydroxylation sites is 1. The molecule has 1 aromatic carbocycles. The number of nitrogens with zero attached hydrogens (tertiary/aromatic N) is 5. The molecule has 0 saturated heterocycles. The van der Waals surface area contributed by atoms with E-state index in [1.54, 1.807) is 11.8 Å². The van der Waals surface area contributed by atoms with Crippen molar-refractivity contribution >= 4 is 11.8 Å². The van der Waals surface area contributed by atoms with E-state index in [1.807, 2.05) is 47.3 Å². The van der Waals surface area contributed by atoms with Crippen LogP contribution in [0.25, 0.3) is 5.69 Å². The molecule has 2 heterocycles. The molecule has 2 aromatic heterocycles. The Morgan fingerprint density at radius 1 is 1.13 bits per heavy atom. The molecule has 23 heavy (non-hydrogen) atoms. The van der Waals surface area contributed by atoms with E-state index in [9.17, 15) is 5.11 Å². The molecule has 7 heteroatoms. The molecule has 0 atom stereocenters. The minimum atomic E-state index is -0.0628. The van der Waals surface area contributed by atoms with E-state index < -0.39 is 0 Å². The number of aliphatic hydroxyl groups is 1. The van der Waals surface area contributed by atoms with Crippen LogP contribution in [0, 0.1) is 0 Å². The summed E-state index contributed by atoms with van der Waals surface area (Å²) in [7, 11) is 0. The fourth-order valence-corrected chi connectivity index (χ4v) is 3.44. The summed E-state index contributed by atoms with van der Waals surface area (Å²) in [5.41, 5.74) is 2.04. The van der Waals surface area contributed by atoms with Gasteiger partial charge in [0.2, 0.25) is 0 Å². The van der Waals surface area contributed by atoms with Crippen LogP contribution in [0.4, 0.5) is 0 Å². The highest BCUT2D eigenvalue weighted by Gasteiger charge is 2.29. The summed E-state index contributed by atoms with van der Waals surface area (Å²) in [5, 5.41) is 23.1. The first kappa shape index (κ1) is 14.5. The van der Waals surface area contributed by atoms with Crippen molar-refractivity contribution in [3.63, 3.8) is 0 Å². The maximum atomic E-state index is 9.37.